The van der Waals surface area contributed by atoms with Crippen molar-refractivity contribution >= 4 is 34.8 Å². The Labute approximate surface area is 161 Å². The van der Waals surface area contributed by atoms with Crippen LogP contribution in [0.5, 0.6) is 5.75 Å². The second-order valence-corrected chi connectivity index (χ2v) is 6.71. The molecule has 0 saturated heterocycles. The molecule has 0 aliphatic carbocycles. The molecule has 1 N–H and O–H groups in total. The van der Waals surface area contributed by atoms with Gasteiger partial charge < -0.3 is 10.1 Å². The van der Waals surface area contributed by atoms with Gasteiger partial charge in [-0.15, -0.1) is 0 Å². The van der Waals surface area contributed by atoms with Gasteiger partial charge in [0.1, 0.15) is 5.75 Å². The Morgan fingerprint density at radius 2 is 2.15 bits per heavy atom. The minimum absolute atomic E-state index is 0.0958. The fourth-order valence-corrected chi connectivity index (χ4v) is 2.93. The summed E-state index contributed by atoms with van der Waals surface area (Å²) in [4.78, 5) is 16.2. The molecule has 1 amide bonds. The van der Waals surface area contributed by atoms with E-state index in [2.05, 4.69) is 15.4 Å². The Balaban J connectivity index is 1.40. The highest BCUT2D eigenvalue weighted by molar-refractivity contribution is 6.35. The highest BCUT2D eigenvalue weighted by Gasteiger charge is 2.06. The van der Waals surface area contributed by atoms with Gasteiger partial charge >= 0.3 is 0 Å². The number of rotatable bonds is 7. The molecule has 0 atom stereocenters. The first-order valence-corrected chi connectivity index (χ1v) is 8.92. The normalized spacial score (nSPS) is 10.9. The summed E-state index contributed by atoms with van der Waals surface area (Å²) in [6.45, 7) is 2.39. The summed E-state index contributed by atoms with van der Waals surface area (Å²) >= 11 is 11.8. The van der Waals surface area contributed by atoms with Crippen molar-refractivity contribution in [1.82, 2.24) is 19.9 Å². The first kappa shape index (κ1) is 18.5. The first-order chi connectivity index (χ1) is 12.5. The van der Waals surface area contributed by atoms with Crippen molar-refractivity contribution in [2.45, 2.75) is 19.8 Å². The smallest absolute Gasteiger partial charge is 0.257 e. The molecule has 1 aromatic carbocycles. The van der Waals surface area contributed by atoms with Gasteiger partial charge in [-0.1, -0.05) is 23.2 Å². The third-order valence-electron chi connectivity index (χ3n) is 3.71. The van der Waals surface area contributed by atoms with E-state index in [1.54, 1.807) is 22.7 Å². The molecular weight excluding hydrogens is 375 g/mol. The number of aromatic nitrogens is 3. The topological polar surface area (TPSA) is 68.5 Å². The zero-order chi connectivity index (χ0) is 18.5. The number of amides is 1. The van der Waals surface area contributed by atoms with E-state index in [1.807, 2.05) is 25.4 Å². The van der Waals surface area contributed by atoms with Crippen LogP contribution < -0.4 is 10.1 Å². The summed E-state index contributed by atoms with van der Waals surface area (Å²) in [5.41, 5.74) is 2.83. The number of halogens is 2. The molecule has 6 nitrogen and oxygen atoms in total. The number of hydrogen-bond donors (Lipinski definition) is 1. The molecule has 0 radical (unpaired) electrons. The van der Waals surface area contributed by atoms with Crippen LogP contribution >= 0.6 is 23.2 Å². The van der Waals surface area contributed by atoms with Crippen LogP contribution in [0.1, 0.15) is 17.7 Å². The molecule has 3 aromatic rings. The fraction of sp³-hybridized carbons (Fsp3) is 0.278. The van der Waals surface area contributed by atoms with Crippen LogP contribution in [0.3, 0.4) is 0 Å². The number of hydrogen-bond acceptors (Lipinski definition) is 4. The van der Waals surface area contributed by atoms with Gasteiger partial charge in [0.25, 0.3) is 5.91 Å². The third kappa shape index (κ3) is 4.86. The molecule has 0 aliphatic rings. The standard InChI is InChI=1S/C18H18Cl2N4O2/c1-12-7-17-22-9-13(10-24(17)23-12)3-2-6-21-18(25)11-26-16-5-4-14(19)8-15(16)20/h4-5,7-10H,2-3,6,11H2,1H3,(H,21,25). The van der Waals surface area contributed by atoms with Gasteiger partial charge in [-0.3, -0.25) is 4.79 Å². The van der Waals surface area contributed by atoms with Gasteiger partial charge in [0.2, 0.25) is 0 Å². The van der Waals surface area contributed by atoms with Gasteiger partial charge in [-0.05, 0) is 43.5 Å². The quantitative estimate of drug-likeness (QED) is 0.625. The zero-order valence-corrected chi connectivity index (χ0v) is 15.7. The molecule has 136 valence electrons. The van der Waals surface area contributed by atoms with Crippen LogP contribution in [0.15, 0.2) is 36.7 Å². The van der Waals surface area contributed by atoms with Crippen molar-refractivity contribution in [3.05, 3.63) is 58.0 Å². The van der Waals surface area contributed by atoms with Crippen molar-refractivity contribution in [3.8, 4) is 5.75 Å². The summed E-state index contributed by atoms with van der Waals surface area (Å²) < 4.78 is 7.17. The summed E-state index contributed by atoms with van der Waals surface area (Å²) in [6.07, 6.45) is 5.39. The van der Waals surface area contributed by atoms with Crippen LogP contribution in [0.4, 0.5) is 0 Å². The van der Waals surface area contributed by atoms with Gasteiger partial charge in [0, 0.05) is 30.0 Å². The molecule has 2 heterocycles. The highest BCUT2D eigenvalue weighted by atomic mass is 35.5. The van der Waals surface area contributed by atoms with Crippen molar-refractivity contribution in [3.63, 3.8) is 0 Å². The third-order valence-corrected chi connectivity index (χ3v) is 4.24. The molecule has 3 rings (SSSR count). The van der Waals surface area contributed by atoms with Crippen molar-refractivity contribution in [1.29, 1.82) is 0 Å². The average Bonchev–Trinajstić information content (AvgIpc) is 2.97. The van der Waals surface area contributed by atoms with Gasteiger partial charge in [0.15, 0.2) is 12.3 Å². The predicted octanol–water partition coefficient (Wildman–Crippen LogP) is 3.47. The summed E-state index contributed by atoms with van der Waals surface area (Å²) in [7, 11) is 0. The van der Waals surface area contributed by atoms with Crippen LogP contribution in [-0.4, -0.2) is 33.7 Å². The van der Waals surface area contributed by atoms with E-state index in [0.29, 0.717) is 22.3 Å². The van der Waals surface area contributed by atoms with Crippen LogP contribution in [-0.2, 0) is 11.2 Å². The van der Waals surface area contributed by atoms with Gasteiger partial charge in [-0.25, -0.2) is 9.50 Å². The Morgan fingerprint density at radius 3 is 2.96 bits per heavy atom. The van der Waals surface area contributed by atoms with Crippen molar-refractivity contribution in [2.75, 3.05) is 13.2 Å². The van der Waals surface area contributed by atoms with E-state index >= 15 is 0 Å². The molecule has 0 bridgehead atoms. The molecular formula is C18H18Cl2N4O2. The second-order valence-electron chi connectivity index (χ2n) is 5.87. The molecule has 26 heavy (non-hydrogen) atoms. The van der Waals surface area contributed by atoms with E-state index in [0.717, 1.165) is 29.7 Å². The SMILES string of the molecule is Cc1cc2ncc(CCCNC(=O)COc3ccc(Cl)cc3Cl)cn2n1. The number of ether oxygens (including phenoxy) is 1. The van der Waals surface area contributed by atoms with E-state index in [1.165, 1.54) is 0 Å². The van der Waals surface area contributed by atoms with Crippen LogP contribution in [0.2, 0.25) is 10.0 Å². The number of nitrogens with zero attached hydrogens (tertiary/aromatic N) is 3. The highest BCUT2D eigenvalue weighted by Crippen LogP contribution is 2.27. The van der Waals surface area contributed by atoms with E-state index in [9.17, 15) is 4.79 Å². The number of aryl methyl sites for hydroxylation is 2. The van der Waals surface area contributed by atoms with Crippen molar-refractivity contribution in [2.24, 2.45) is 0 Å². The molecule has 0 unspecified atom stereocenters. The number of carbonyl (C=O) groups is 1. The predicted molar refractivity (Wildman–Crippen MR) is 101 cm³/mol. The maximum Gasteiger partial charge on any atom is 0.257 e. The molecule has 0 spiro atoms. The number of nitrogens with one attached hydrogen (secondary N) is 1. The van der Waals surface area contributed by atoms with Gasteiger partial charge in [0.05, 0.1) is 10.7 Å². The molecule has 0 saturated carbocycles. The number of fused-ring (bicyclic) bond motifs is 1. The Bertz CT molecular complexity index is 927. The fourth-order valence-electron chi connectivity index (χ4n) is 2.47. The lowest BCUT2D eigenvalue weighted by molar-refractivity contribution is -0.123. The summed E-state index contributed by atoms with van der Waals surface area (Å²) in [5.74, 6) is 0.229. The van der Waals surface area contributed by atoms with E-state index in [4.69, 9.17) is 27.9 Å². The molecule has 2 aromatic heterocycles. The zero-order valence-electron chi connectivity index (χ0n) is 14.2. The summed E-state index contributed by atoms with van der Waals surface area (Å²) in [5, 5.41) is 8.06. The molecule has 0 aliphatic heterocycles. The van der Waals surface area contributed by atoms with Gasteiger partial charge in [-0.2, -0.15) is 5.10 Å². The minimum Gasteiger partial charge on any atom is -0.482 e. The van der Waals surface area contributed by atoms with Crippen molar-refractivity contribution < 1.29 is 9.53 Å². The lowest BCUT2D eigenvalue weighted by Crippen LogP contribution is -2.30. The maximum atomic E-state index is 11.9. The Hall–Kier alpha value is -2.31. The Morgan fingerprint density at radius 1 is 1.31 bits per heavy atom. The Kier molecular flexibility index (Phi) is 5.96. The molecule has 0 fully saturated rings. The number of carbonyl (C=O) groups excluding carboxylic acids is 1. The minimum atomic E-state index is -0.202. The largest absolute Gasteiger partial charge is 0.482 e. The summed E-state index contributed by atoms with van der Waals surface area (Å²) in [6, 6.07) is 6.80. The lowest BCUT2D eigenvalue weighted by atomic mass is 10.2. The van der Waals surface area contributed by atoms with E-state index in [-0.39, 0.29) is 12.5 Å². The maximum absolute atomic E-state index is 11.9. The number of benzene rings is 1. The lowest BCUT2D eigenvalue weighted by Gasteiger charge is -2.09. The second kappa shape index (κ2) is 8.38. The first-order valence-electron chi connectivity index (χ1n) is 8.17. The monoisotopic (exact) mass is 392 g/mol. The average molecular weight is 393 g/mol. The van der Waals surface area contributed by atoms with Crippen LogP contribution in [0.25, 0.3) is 5.65 Å². The van der Waals surface area contributed by atoms with E-state index < -0.39 is 0 Å². The van der Waals surface area contributed by atoms with Crippen LogP contribution in [0, 0.1) is 6.92 Å². The molecule has 8 heteroatoms.